The number of dihydropyridines is 1. The van der Waals surface area contributed by atoms with E-state index in [9.17, 15) is 35.7 Å². The Kier molecular flexibility index (Phi) is 12.5. The average molecular weight is 918 g/mol. The third kappa shape index (κ3) is 6.85. The van der Waals surface area contributed by atoms with Crippen molar-refractivity contribution in [3.05, 3.63) is 46.8 Å². The van der Waals surface area contributed by atoms with Gasteiger partial charge in [0.15, 0.2) is 5.78 Å². The van der Waals surface area contributed by atoms with Crippen LogP contribution < -0.4 is 16.4 Å². The van der Waals surface area contributed by atoms with Gasteiger partial charge in [0.05, 0.1) is 53.6 Å². The van der Waals surface area contributed by atoms with Crippen LogP contribution in [0, 0.1) is 70.0 Å². The number of allylic oxidation sites excluding steroid dienone is 6. The number of carbonyl (C=O) groups is 1. The van der Waals surface area contributed by atoms with E-state index in [2.05, 4.69) is 42.7 Å². The van der Waals surface area contributed by atoms with Crippen molar-refractivity contribution in [2.45, 2.75) is 197 Å². The second kappa shape index (κ2) is 17.3. The molecule has 12 heteroatoms. The van der Waals surface area contributed by atoms with Gasteiger partial charge in [-0.05, 0) is 167 Å². The second-order valence-corrected chi connectivity index (χ2v) is 24.0. The zero-order valence-electron chi connectivity index (χ0n) is 40.2. The van der Waals surface area contributed by atoms with Crippen LogP contribution in [0.1, 0.15) is 143 Å². The minimum Gasteiger partial charge on any atom is -0.396 e. The van der Waals surface area contributed by atoms with E-state index >= 15 is 4.79 Å². The number of fused-ring (bicyclic) bond motifs is 5. The summed E-state index contributed by atoms with van der Waals surface area (Å²) < 4.78 is 7.13. The topological polar surface area (TPSA) is 218 Å². The van der Waals surface area contributed by atoms with E-state index in [-0.39, 0.29) is 67.7 Å². The molecule has 10 rings (SSSR count). The number of nitrogens with one attached hydrogen (secondary N) is 2. The molecule has 11 N–H and O–H groups in total. The molecule has 2 aliphatic heterocycles. The number of rotatable bonds is 11. The van der Waals surface area contributed by atoms with Crippen molar-refractivity contribution in [3.63, 3.8) is 0 Å². The summed E-state index contributed by atoms with van der Waals surface area (Å²) >= 11 is 0. The number of hydrogen-bond donors (Lipinski definition) is 10. The standard InChI is InChI=1S/C54H83N3O9/c1-5-9-30-12-15-34-35-10-6-7-23-54(65,49(35)66-40(34)20-13-30)51(4,63)41-22-24-53(64)45-43-31(26-50(41,53)3)14-16-32(33-18-21-42(55)57-38(33)11-8-25-58)37-19-17-36-44(48(62)46(45)56-28-29(2)59)52(37,43)27-39(60)47(36)61/h14,16,18,21,29-32,34-37,39-44,47,49,56-61,63-65H,5-13,15,17,19-20,22-28,55H2,1-4H3. The van der Waals surface area contributed by atoms with Crippen LogP contribution in [-0.2, 0) is 9.53 Å². The summed E-state index contributed by atoms with van der Waals surface area (Å²) in [4.78, 5) is 15.9. The molecule has 10 aliphatic rings. The highest BCUT2D eigenvalue weighted by Gasteiger charge is 2.78. The molecule has 21 unspecified atom stereocenters. The van der Waals surface area contributed by atoms with Crippen molar-refractivity contribution in [2.24, 2.45) is 75.7 Å². The van der Waals surface area contributed by atoms with Crippen LogP contribution in [0.2, 0.25) is 0 Å². The number of hydrogen-bond acceptors (Lipinski definition) is 12. The van der Waals surface area contributed by atoms with E-state index in [1.807, 2.05) is 13.0 Å². The van der Waals surface area contributed by atoms with Gasteiger partial charge in [-0.2, -0.15) is 0 Å². The van der Waals surface area contributed by atoms with Crippen molar-refractivity contribution >= 4 is 5.78 Å². The van der Waals surface area contributed by atoms with Crippen LogP contribution in [0.15, 0.2) is 46.8 Å². The number of carbonyl (C=O) groups excluding carboxylic acids is 1. The van der Waals surface area contributed by atoms with E-state index in [0.717, 1.165) is 49.8 Å². The SMILES string of the molecule is CCCC1CCC2OC3C(CCCCC3(O)C(C)(O)C3CCC4(O)C5=C(NCC(C)O)C(=O)C6C7CCC8C(C9=C(CCCO)NC(N)C=C9)C=CC(CC34C)C5C86CC(O)C7O)C2CC1. The number of nitrogens with two attached hydrogens (primary N) is 1. The molecule has 2 bridgehead atoms. The fourth-order valence-corrected chi connectivity index (χ4v) is 18.2. The summed E-state index contributed by atoms with van der Waals surface area (Å²) in [6, 6.07) is 0. The summed E-state index contributed by atoms with van der Waals surface area (Å²) in [5, 5.41) is 92.8. The maximum atomic E-state index is 15.9. The fraction of sp³-hybridized carbons (Fsp3) is 0.833. The summed E-state index contributed by atoms with van der Waals surface area (Å²) in [6.45, 7) is 7.98. The van der Waals surface area contributed by atoms with Crippen LogP contribution in [0.4, 0.5) is 0 Å². The summed E-state index contributed by atoms with van der Waals surface area (Å²) in [6.07, 6.45) is 18.6. The Morgan fingerprint density at radius 2 is 1.74 bits per heavy atom. The molecule has 6 saturated carbocycles. The van der Waals surface area contributed by atoms with Crippen LogP contribution >= 0.6 is 0 Å². The number of ether oxygens (including phenoxy) is 1. The molecule has 1 saturated heterocycles. The smallest absolute Gasteiger partial charge is 0.182 e. The molecule has 1 spiro atoms. The highest BCUT2D eigenvalue weighted by molar-refractivity contribution is 6.00. The molecule has 0 aromatic heterocycles. The lowest BCUT2D eigenvalue weighted by molar-refractivity contribution is -0.256. The molecule has 0 aromatic rings. The Morgan fingerprint density at radius 1 is 0.970 bits per heavy atom. The van der Waals surface area contributed by atoms with Gasteiger partial charge >= 0.3 is 0 Å². The molecular weight excluding hydrogens is 835 g/mol. The van der Waals surface area contributed by atoms with Gasteiger partial charge in [0, 0.05) is 36.1 Å². The minimum atomic E-state index is -1.67. The maximum absolute atomic E-state index is 15.9. The molecule has 0 amide bonds. The first kappa shape index (κ1) is 47.5. The third-order valence-electron chi connectivity index (χ3n) is 20.9. The number of ketones is 1. The van der Waals surface area contributed by atoms with Gasteiger partial charge in [-0.3, -0.25) is 4.79 Å². The lowest BCUT2D eigenvalue weighted by Crippen LogP contribution is -2.72. The zero-order chi connectivity index (χ0) is 46.7. The van der Waals surface area contributed by atoms with Crippen molar-refractivity contribution in [3.8, 4) is 0 Å². The average Bonchev–Trinajstić information content (AvgIpc) is 3.54. The third-order valence-corrected chi connectivity index (χ3v) is 20.9. The number of aliphatic hydroxyl groups excluding tert-OH is 4. The van der Waals surface area contributed by atoms with Gasteiger partial charge in [0.2, 0.25) is 0 Å². The zero-order valence-corrected chi connectivity index (χ0v) is 40.2. The van der Waals surface area contributed by atoms with E-state index in [4.69, 9.17) is 10.5 Å². The molecule has 2 heterocycles. The fourth-order valence-electron chi connectivity index (χ4n) is 18.2. The van der Waals surface area contributed by atoms with E-state index < -0.39 is 75.7 Å². The monoisotopic (exact) mass is 918 g/mol. The van der Waals surface area contributed by atoms with Gasteiger partial charge < -0.3 is 56.8 Å². The first-order valence-corrected chi connectivity index (χ1v) is 26.6. The predicted octanol–water partition coefficient (Wildman–Crippen LogP) is 5.03. The Labute approximate surface area is 393 Å². The largest absolute Gasteiger partial charge is 0.396 e. The van der Waals surface area contributed by atoms with E-state index in [0.29, 0.717) is 68.1 Å². The molecule has 12 nitrogen and oxygen atoms in total. The van der Waals surface area contributed by atoms with E-state index in [1.165, 1.54) is 19.3 Å². The van der Waals surface area contributed by atoms with Gasteiger partial charge in [-0.1, -0.05) is 64.2 Å². The number of aliphatic hydroxyl groups is 7. The molecule has 0 aromatic carbocycles. The molecular formula is C54H83N3O9. The van der Waals surface area contributed by atoms with Gasteiger partial charge in [-0.15, -0.1) is 0 Å². The van der Waals surface area contributed by atoms with Crippen molar-refractivity contribution in [1.29, 1.82) is 0 Å². The van der Waals surface area contributed by atoms with Gasteiger partial charge in [-0.25, -0.2) is 0 Å². The Balaban J connectivity index is 1.11. The van der Waals surface area contributed by atoms with Crippen molar-refractivity contribution < 1.29 is 45.3 Å². The Morgan fingerprint density at radius 3 is 2.50 bits per heavy atom. The quantitative estimate of drug-likeness (QED) is 0.124. The molecule has 66 heavy (non-hydrogen) atoms. The number of Topliss-reactive ketones (excluding diaryl/α,β-unsaturated/α-hetero) is 1. The first-order chi connectivity index (χ1) is 31.5. The van der Waals surface area contributed by atoms with Crippen molar-refractivity contribution in [2.75, 3.05) is 13.2 Å². The Hall–Kier alpha value is -2.13. The summed E-state index contributed by atoms with van der Waals surface area (Å²) in [5.74, 6) is -1.65. The van der Waals surface area contributed by atoms with Crippen LogP contribution in [0.3, 0.4) is 0 Å². The van der Waals surface area contributed by atoms with Crippen LogP contribution in [-0.4, -0.2) is 108 Å². The minimum absolute atomic E-state index is 0.0273. The van der Waals surface area contributed by atoms with E-state index in [1.54, 1.807) is 6.92 Å². The second-order valence-electron chi connectivity index (χ2n) is 24.0. The van der Waals surface area contributed by atoms with Crippen LogP contribution in [0.5, 0.6) is 0 Å². The summed E-state index contributed by atoms with van der Waals surface area (Å²) in [7, 11) is 0. The van der Waals surface area contributed by atoms with Gasteiger partial charge in [0.25, 0.3) is 0 Å². The summed E-state index contributed by atoms with van der Waals surface area (Å²) in [5.41, 5.74) is 2.72. The van der Waals surface area contributed by atoms with Crippen molar-refractivity contribution in [1.82, 2.24) is 10.6 Å². The van der Waals surface area contributed by atoms with Crippen LogP contribution in [0.25, 0.3) is 0 Å². The molecule has 8 aliphatic carbocycles. The first-order valence-electron chi connectivity index (χ1n) is 26.6. The molecule has 0 radical (unpaired) electrons. The Bertz CT molecular complexity index is 2000. The lowest BCUT2D eigenvalue weighted by Gasteiger charge is -2.69. The normalized spacial score (nSPS) is 49.6. The molecule has 21 atom stereocenters. The molecule has 368 valence electrons. The highest BCUT2D eigenvalue weighted by atomic mass is 16.5. The maximum Gasteiger partial charge on any atom is 0.182 e. The lowest BCUT2D eigenvalue weighted by atomic mass is 9.36. The predicted molar refractivity (Wildman–Crippen MR) is 251 cm³/mol. The molecule has 7 fully saturated rings. The highest BCUT2D eigenvalue weighted by Crippen LogP contribution is 2.76. The van der Waals surface area contributed by atoms with Gasteiger partial charge in [0.1, 0.15) is 5.60 Å².